The highest BCUT2D eigenvalue weighted by Gasteiger charge is 2.17. The van der Waals surface area contributed by atoms with E-state index in [1.54, 1.807) is 0 Å². The molecule has 0 aliphatic heterocycles. The lowest BCUT2D eigenvalue weighted by molar-refractivity contribution is 0.303. The van der Waals surface area contributed by atoms with Gasteiger partial charge in [0.25, 0.3) is 0 Å². The van der Waals surface area contributed by atoms with Crippen molar-refractivity contribution in [2.45, 2.75) is 97.8 Å². The van der Waals surface area contributed by atoms with Gasteiger partial charge in [-0.15, -0.1) is 0 Å². The van der Waals surface area contributed by atoms with Crippen LogP contribution in [-0.4, -0.2) is 19.8 Å². The van der Waals surface area contributed by atoms with Crippen molar-refractivity contribution in [2.75, 3.05) is 19.8 Å². The van der Waals surface area contributed by atoms with E-state index < -0.39 is 0 Å². The summed E-state index contributed by atoms with van der Waals surface area (Å²) < 4.78 is 21.8. The van der Waals surface area contributed by atoms with E-state index in [1.807, 2.05) is 0 Å². The van der Waals surface area contributed by atoms with E-state index in [4.69, 9.17) is 14.2 Å². The van der Waals surface area contributed by atoms with Crippen LogP contribution in [0.3, 0.4) is 0 Å². The maximum Gasteiger partial charge on any atom is 0.134 e. The molecule has 0 fully saturated rings. The topological polar surface area (TPSA) is 27.7 Å². The highest BCUT2D eigenvalue weighted by atomic mass is 79.9. The normalized spacial score (nSPS) is 11.6. The smallest absolute Gasteiger partial charge is 0.134 e. The number of unbranched alkanes of at least 4 members (excludes halogenated alkanes) is 9. The molecule has 0 amide bonds. The Morgan fingerprint density at radius 2 is 0.643 bits per heavy atom. The monoisotopic (exact) mass is 762 g/mol. The molecule has 4 aromatic rings. The summed E-state index contributed by atoms with van der Waals surface area (Å²) in [5.41, 5.74) is 0. The van der Waals surface area contributed by atoms with Crippen molar-refractivity contribution in [3.8, 4) is 17.2 Å². The van der Waals surface area contributed by atoms with Crippen molar-refractivity contribution in [2.24, 2.45) is 0 Å². The average Bonchev–Trinajstić information content (AvgIpc) is 2.98. The fourth-order valence-electron chi connectivity index (χ4n) is 5.46. The maximum atomic E-state index is 6.30. The van der Waals surface area contributed by atoms with E-state index in [-0.39, 0.29) is 0 Å². The first-order valence-corrected chi connectivity index (χ1v) is 18.3. The Morgan fingerprint density at radius 1 is 0.381 bits per heavy atom. The third kappa shape index (κ3) is 8.57. The average molecular weight is 765 g/mol. The van der Waals surface area contributed by atoms with Gasteiger partial charge in [0.15, 0.2) is 0 Å². The van der Waals surface area contributed by atoms with Gasteiger partial charge in [-0.2, -0.15) is 0 Å². The predicted octanol–water partition coefficient (Wildman–Crippen LogP) is 13.3. The summed E-state index contributed by atoms with van der Waals surface area (Å²) in [5.74, 6) is 2.66. The Hall–Kier alpha value is -1.50. The van der Waals surface area contributed by atoms with Gasteiger partial charge in [0.1, 0.15) is 17.2 Å². The molecule has 0 heterocycles. The lowest BCUT2D eigenvalue weighted by Crippen LogP contribution is -2.00. The van der Waals surface area contributed by atoms with Gasteiger partial charge in [-0.25, -0.2) is 0 Å². The van der Waals surface area contributed by atoms with Crippen molar-refractivity contribution in [1.29, 1.82) is 0 Å². The van der Waals surface area contributed by atoms with Gasteiger partial charge in [-0.3, -0.25) is 0 Å². The summed E-state index contributed by atoms with van der Waals surface area (Å²) in [7, 11) is 0. The van der Waals surface area contributed by atoms with Crippen LogP contribution in [0.1, 0.15) is 97.8 Å². The van der Waals surface area contributed by atoms with Crippen LogP contribution >= 0.6 is 47.8 Å². The van der Waals surface area contributed by atoms with E-state index >= 15 is 0 Å². The lowest BCUT2D eigenvalue weighted by Gasteiger charge is -2.18. The summed E-state index contributed by atoms with van der Waals surface area (Å²) in [6.45, 7) is 8.87. The fraction of sp³-hybridized carbons (Fsp3) is 0.500. The van der Waals surface area contributed by atoms with Gasteiger partial charge >= 0.3 is 0 Å². The van der Waals surface area contributed by atoms with Crippen LogP contribution < -0.4 is 14.2 Å². The predicted molar refractivity (Wildman–Crippen MR) is 191 cm³/mol. The molecule has 0 aliphatic carbocycles. The molecule has 0 N–H and O–H groups in total. The minimum absolute atomic E-state index is 0.721. The maximum absolute atomic E-state index is 6.30. The zero-order chi connectivity index (χ0) is 29.9. The number of hydrogen-bond donors (Lipinski definition) is 0. The molecule has 0 unspecified atom stereocenters. The Kier molecular flexibility index (Phi) is 13.6. The van der Waals surface area contributed by atoms with E-state index in [1.165, 1.54) is 73.9 Å². The molecule has 42 heavy (non-hydrogen) atoms. The Balaban J connectivity index is 1.80. The molecule has 0 radical (unpaired) electrons. The number of hydrogen-bond acceptors (Lipinski definition) is 3. The number of ether oxygens (including phenoxy) is 3. The van der Waals surface area contributed by atoms with E-state index in [0.717, 1.165) is 85.9 Å². The van der Waals surface area contributed by atoms with Gasteiger partial charge in [-0.1, -0.05) is 78.6 Å². The summed E-state index contributed by atoms with van der Waals surface area (Å²) in [5, 5.41) is 7.01. The van der Waals surface area contributed by atoms with E-state index in [0.29, 0.717) is 0 Å². The Bertz CT molecular complexity index is 1260. The SMILES string of the molecule is CCCCCCOc1cc2c(cc1Br)c1cc(OCCCCCC)c(Br)cc1c1cc(OCCCCCC)c(Br)cc21. The minimum atomic E-state index is 0.721. The molecule has 0 saturated heterocycles. The first-order valence-electron chi connectivity index (χ1n) is 15.9. The zero-order valence-corrected chi connectivity index (χ0v) is 30.2. The summed E-state index contributed by atoms with van der Waals surface area (Å²) in [4.78, 5) is 0. The van der Waals surface area contributed by atoms with Gasteiger partial charge < -0.3 is 14.2 Å². The summed E-state index contributed by atoms with van der Waals surface area (Å²) in [6, 6.07) is 13.2. The highest BCUT2D eigenvalue weighted by Crippen LogP contribution is 2.45. The molecule has 6 heteroatoms. The van der Waals surface area contributed by atoms with Gasteiger partial charge in [0.2, 0.25) is 0 Å². The number of halogens is 3. The standard InChI is InChI=1S/C36H45Br3O3/c1-4-7-10-13-16-40-34-22-28-25(19-31(34)37)29-23-35(41-17-14-11-8-5-2)33(39)21-27(29)30-24-36(32(38)20-26(28)30)42-18-15-12-9-6-3/h19-24H,4-18H2,1-3H3. The molecule has 228 valence electrons. The van der Waals surface area contributed by atoms with Crippen LogP contribution in [0, 0.1) is 0 Å². The third-order valence-corrected chi connectivity index (χ3v) is 9.71. The molecule has 3 nitrogen and oxygen atoms in total. The molecule has 4 aromatic carbocycles. The second-order valence-electron chi connectivity index (χ2n) is 11.2. The van der Waals surface area contributed by atoms with Crippen molar-refractivity contribution in [1.82, 2.24) is 0 Å². The van der Waals surface area contributed by atoms with Crippen LogP contribution in [0.2, 0.25) is 0 Å². The lowest BCUT2D eigenvalue weighted by atomic mass is 9.94. The number of fused-ring (bicyclic) bond motifs is 6. The molecule has 0 spiro atoms. The third-order valence-electron chi connectivity index (χ3n) is 7.85. The van der Waals surface area contributed by atoms with Gasteiger partial charge in [-0.05, 0) is 136 Å². The molecule has 0 bridgehead atoms. The van der Waals surface area contributed by atoms with Crippen LogP contribution in [0.15, 0.2) is 49.8 Å². The first kappa shape index (κ1) is 33.4. The van der Waals surface area contributed by atoms with E-state index in [9.17, 15) is 0 Å². The Labute approximate surface area is 277 Å². The Morgan fingerprint density at radius 3 is 0.905 bits per heavy atom. The van der Waals surface area contributed by atoms with Crippen molar-refractivity contribution in [3.63, 3.8) is 0 Å². The van der Waals surface area contributed by atoms with Crippen LogP contribution in [0.5, 0.6) is 17.2 Å². The number of benzene rings is 4. The second-order valence-corrected chi connectivity index (χ2v) is 13.8. The molecule has 4 rings (SSSR count). The van der Waals surface area contributed by atoms with Crippen molar-refractivity contribution < 1.29 is 14.2 Å². The minimum Gasteiger partial charge on any atom is -0.492 e. The first-order chi connectivity index (χ1) is 20.5. The highest BCUT2D eigenvalue weighted by molar-refractivity contribution is 9.11. The van der Waals surface area contributed by atoms with Crippen LogP contribution in [0.4, 0.5) is 0 Å². The molecule has 0 aliphatic rings. The molecular weight excluding hydrogens is 720 g/mol. The molecule has 0 aromatic heterocycles. The van der Waals surface area contributed by atoms with Crippen LogP contribution in [0.25, 0.3) is 32.3 Å². The number of rotatable bonds is 18. The molecule has 0 atom stereocenters. The molecule has 0 saturated carbocycles. The summed E-state index contributed by atoms with van der Waals surface area (Å²) >= 11 is 11.5. The van der Waals surface area contributed by atoms with Crippen LogP contribution in [-0.2, 0) is 0 Å². The van der Waals surface area contributed by atoms with Crippen molar-refractivity contribution in [3.05, 3.63) is 49.8 Å². The van der Waals surface area contributed by atoms with E-state index in [2.05, 4.69) is 105 Å². The zero-order valence-electron chi connectivity index (χ0n) is 25.4. The molecular formula is C36H45Br3O3. The van der Waals surface area contributed by atoms with Gasteiger partial charge in [0.05, 0.1) is 33.2 Å². The summed E-state index contributed by atoms with van der Waals surface area (Å²) in [6.07, 6.45) is 14.2. The largest absolute Gasteiger partial charge is 0.492 e. The fourth-order valence-corrected chi connectivity index (χ4v) is 6.84. The second kappa shape index (κ2) is 17.1. The quantitative estimate of drug-likeness (QED) is 0.0746. The van der Waals surface area contributed by atoms with Gasteiger partial charge in [0, 0.05) is 0 Å². The van der Waals surface area contributed by atoms with Crippen molar-refractivity contribution >= 4 is 80.1 Å².